The van der Waals surface area contributed by atoms with Crippen LogP contribution in [0.15, 0.2) is 48.5 Å². The van der Waals surface area contributed by atoms with Gasteiger partial charge in [0.05, 0.1) is 5.75 Å². The quantitative estimate of drug-likeness (QED) is 0.594. The fourth-order valence-electron chi connectivity index (χ4n) is 3.07. The Morgan fingerprint density at radius 3 is 2.43 bits per heavy atom. The van der Waals surface area contributed by atoms with Crippen LogP contribution in [0.4, 0.5) is 17.1 Å². The molecule has 1 heterocycles. The van der Waals surface area contributed by atoms with Crippen molar-refractivity contribution >= 4 is 38.9 Å². The molecule has 3 rings (SSSR count). The van der Waals surface area contributed by atoms with Gasteiger partial charge in [-0.05, 0) is 61.7 Å². The summed E-state index contributed by atoms with van der Waals surface area (Å²) < 4.78 is 31.5. The Morgan fingerprint density at radius 1 is 1.03 bits per heavy atom. The first-order chi connectivity index (χ1) is 14.4. The normalized spacial score (nSPS) is 16.1. The molecule has 2 amide bonds. The minimum absolute atomic E-state index is 0.0469. The van der Waals surface area contributed by atoms with Gasteiger partial charge in [0.25, 0.3) is 11.8 Å². The van der Waals surface area contributed by atoms with E-state index in [0.29, 0.717) is 42.1 Å². The van der Waals surface area contributed by atoms with Crippen molar-refractivity contribution in [1.29, 1.82) is 0 Å². The number of hydrogen-bond donors (Lipinski definition) is 3. The Labute approximate surface area is 176 Å². The van der Waals surface area contributed by atoms with Gasteiger partial charge in [0, 0.05) is 29.2 Å². The van der Waals surface area contributed by atoms with Gasteiger partial charge in [-0.2, -0.15) is 0 Å². The van der Waals surface area contributed by atoms with Crippen LogP contribution in [0.1, 0.15) is 36.5 Å². The van der Waals surface area contributed by atoms with Crippen LogP contribution >= 0.6 is 0 Å². The molecule has 1 saturated heterocycles. The standard InChI is InChI=1S/C21H25N3O5S/c1-2-13-30(27,28)24-17-10-8-16(9-11-17)22-20(25)15-5-3-6-18(14-15)23-21(26)19-7-4-12-29-19/h3,5-6,8-11,14,19,24H,2,4,7,12-13H2,1H3,(H,22,25)(H,23,26). The summed E-state index contributed by atoms with van der Waals surface area (Å²) in [6.07, 6.45) is 1.63. The van der Waals surface area contributed by atoms with Crippen molar-refractivity contribution in [2.24, 2.45) is 0 Å². The van der Waals surface area contributed by atoms with Gasteiger partial charge in [-0.3, -0.25) is 14.3 Å². The van der Waals surface area contributed by atoms with Crippen LogP contribution < -0.4 is 15.4 Å². The summed E-state index contributed by atoms with van der Waals surface area (Å²) in [5, 5.41) is 5.53. The second-order valence-corrected chi connectivity index (χ2v) is 8.87. The van der Waals surface area contributed by atoms with Crippen molar-refractivity contribution in [3.63, 3.8) is 0 Å². The number of hydrogen-bond acceptors (Lipinski definition) is 5. The maximum Gasteiger partial charge on any atom is 0.255 e. The highest BCUT2D eigenvalue weighted by Gasteiger charge is 2.23. The third kappa shape index (κ3) is 6.04. The molecule has 2 aromatic rings. The Bertz CT molecular complexity index is 1000. The van der Waals surface area contributed by atoms with Gasteiger partial charge in [-0.15, -0.1) is 0 Å². The van der Waals surface area contributed by atoms with Gasteiger partial charge in [-0.1, -0.05) is 13.0 Å². The molecule has 0 spiro atoms. The average Bonchev–Trinajstić information content (AvgIpc) is 3.24. The summed E-state index contributed by atoms with van der Waals surface area (Å²) in [6.45, 7) is 2.38. The third-order valence-corrected chi connectivity index (χ3v) is 6.00. The molecule has 1 unspecified atom stereocenters. The Hall–Kier alpha value is -2.91. The summed E-state index contributed by atoms with van der Waals surface area (Å²) in [5.74, 6) is -0.515. The van der Waals surface area contributed by atoms with Gasteiger partial charge in [0.15, 0.2) is 0 Å². The van der Waals surface area contributed by atoms with E-state index in [9.17, 15) is 18.0 Å². The molecule has 1 fully saturated rings. The predicted molar refractivity (Wildman–Crippen MR) is 116 cm³/mol. The molecule has 0 aromatic heterocycles. The lowest BCUT2D eigenvalue weighted by Gasteiger charge is -2.12. The second-order valence-electron chi connectivity index (χ2n) is 7.02. The Balaban J connectivity index is 1.61. The van der Waals surface area contributed by atoms with Crippen LogP contribution in [0.25, 0.3) is 0 Å². The number of carbonyl (C=O) groups is 2. The summed E-state index contributed by atoms with van der Waals surface area (Å²) >= 11 is 0. The fourth-order valence-corrected chi connectivity index (χ4v) is 4.20. The molecule has 1 aliphatic heterocycles. The lowest BCUT2D eigenvalue weighted by molar-refractivity contribution is -0.124. The van der Waals surface area contributed by atoms with E-state index in [0.717, 1.165) is 6.42 Å². The number of sulfonamides is 1. The molecule has 0 aliphatic carbocycles. The van der Waals surface area contributed by atoms with Gasteiger partial charge < -0.3 is 15.4 Å². The number of rotatable bonds is 8. The molecule has 0 radical (unpaired) electrons. The van der Waals surface area contributed by atoms with Crippen molar-refractivity contribution in [2.45, 2.75) is 32.3 Å². The van der Waals surface area contributed by atoms with Crippen LogP contribution in [-0.4, -0.2) is 38.7 Å². The summed E-state index contributed by atoms with van der Waals surface area (Å²) in [6, 6.07) is 13.0. The highest BCUT2D eigenvalue weighted by atomic mass is 32.2. The Morgan fingerprint density at radius 2 is 1.77 bits per heavy atom. The van der Waals surface area contributed by atoms with E-state index in [1.54, 1.807) is 55.5 Å². The third-order valence-electron chi connectivity index (χ3n) is 4.50. The van der Waals surface area contributed by atoms with E-state index in [1.165, 1.54) is 0 Å². The molecule has 1 aliphatic rings. The summed E-state index contributed by atoms with van der Waals surface area (Å²) in [7, 11) is -3.37. The maximum absolute atomic E-state index is 12.5. The van der Waals surface area contributed by atoms with E-state index in [1.807, 2.05) is 0 Å². The summed E-state index contributed by atoms with van der Waals surface area (Å²) in [5.41, 5.74) is 1.85. The number of amides is 2. The second kappa shape index (κ2) is 9.73. The molecule has 160 valence electrons. The van der Waals surface area contributed by atoms with Crippen molar-refractivity contribution < 1.29 is 22.7 Å². The van der Waals surface area contributed by atoms with Gasteiger partial charge in [0.2, 0.25) is 10.0 Å². The predicted octanol–water partition coefficient (Wildman–Crippen LogP) is 3.21. The van der Waals surface area contributed by atoms with E-state index in [-0.39, 0.29) is 17.6 Å². The van der Waals surface area contributed by atoms with Gasteiger partial charge in [-0.25, -0.2) is 8.42 Å². The molecular formula is C21H25N3O5S. The smallest absolute Gasteiger partial charge is 0.255 e. The molecule has 9 heteroatoms. The van der Waals surface area contributed by atoms with Gasteiger partial charge in [0.1, 0.15) is 6.10 Å². The first-order valence-corrected chi connectivity index (χ1v) is 11.5. The number of nitrogens with one attached hydrogen (secondary N) is 3. The molecule has 2 aromatic carbocycles. The minimum Gasteiger partial charge on any atom is -0.368 e. The summed E-state index contributed by atoms with van der Waals surface area (Å²) in [4.78, 5) is 24.7. The van der Waals surface area contributed by atoms with Crippen LogP contribution in [0.2, 0.25) is 0 Å². The highest BCUT2D eigenvalue weighted by Crippen LogP contribution is 2.19. The zero-order valence-corrected chi connectivity index (χ0v) is 17.5. The van der Waals surface area contributed by atoms with Crippen molar-refractivity contribution in [1.82, 2.24) is 0 Å². The maximum atomic E-state index is 12.5. The first-order valence-electron chi connectivity index (χ1n) is 9.81. The topological polar surface area (TPSA) is 114 Å². The molecule has 8 nitrogen and oxygen atoms in total. The van der Waals surface area contributed by atoms with E-state index < -0.39 is 16.1 Å². The highest BCUT2D eigenvalue weighted by molar-refractivity contribution is 7.92. The van der Waals surface area contributed by atoms with Crippen LogP contribution in [0.3, 0.4) is 0 Å². The van der Waals surface area contributed by atoms with E-state index in [4.69, 9.17) is 4.74 Å². The molecule has 3 N–H and O–H groups in total. The zero-order valence-electron chi connectivity index (χ0n) is 16.7. The van der Waals surface area contributed by atoms with Crippen molar-refractivity contribution in [3.8, 4) is 0 Å². The molecule has 0 saturated carbocycles. The fraction of sp³-hybridized carbons (Fsp3) is 0.333. The van der Waals surface area contributed by atoms with Crippen molar-refractivity contribution in [2.75, 3.05) is 27.7 Å². The van der Waals surface area contributed by atoms with Crippen LogP contribution in [0.5, 0.6) is 0 Å². The lowest BCUT2D eigenvalue weighted by atomic mass is 10.1. The monoisotopic (exact) mass is 431 g/mol. The minimum atomic E-state index is -3.37. The number of carbonyl (C=O) groups excluding carboxylic acids is 2. The van der Waals surface area contributed by atoms with Crippen LogP contribution in [-0.2, 0) is 19.6 Å². The van der Waals surface area contributed by atoms with Gasteiger partial charge >= 0.3 is 0 Å². The van der Waals surface area contributed by atoms with Crippen LogP contribution in [0, 0.1) is 0 Å². The SMILES string of the molecule is CCCS(=O)(=O)Nc1ccc(NC(=O)c2cccc(NC(=O)C3CCCO3)c2)cc1. The average molecular weight is 432 g/mol. The molecular weight excluding hydrogens is 406 g/mol. The number of benzene rings is 2. The van der Waals surface area contributed by atoms with E-state index >= 15 is 0 Å². The van der Waals surface area contributed by atoms with E-state index in [2.05, 4.69) is 15.4 Å². The Kier molecular flexibility index (Phi) is 7.07. The molecule has 30 heavy (non-hydrogen) atoms. The number of anilines is 3. The number of ether oxygens (including phenoxy) is 1. The molecule has 1 atom stereocenters. The lowest BCUT2D eigenvalue weighted by Crippen LogP contribution is -2.27. The van der Waals surface area contributed by atoms with Crippen molar-refractivity contribution in [3.05, 3.63) is 54.1 Å². The zero-order chi connectivity index (χ0) is 21.6. The largest absolute Gasteiger partial charge is 0.368 e. The molecule has 0 bridgehead atoms. The first kappa shape index (κ1) is 21.8.